The van der Waals surface area contributed by atoms with Crippen molar-refractivity contribution in [2.24, 2.45) is 0 Å². The Hall–Kier alpha value is -6.44. The molecule has 1 spiro atoms. The number of rotatable bonds is 5. The van der Waals surface area contributed by atoms with Gasteiger partial charge in [-0.2, -0.15) is 0 Å². The van der Waals surface area contributed by atoms with Gasteiger partial charge in [0.05, 0.1) is 22.1 Å². The maximum atomic E-state index is 9.62. The van der Waals surface area contributed by atoms with Gasteiger partial charge in [0, 0.05) is 16.9 Å². The van der Waals surface area contributed by atoms with E-state index in [-0.39, 0.29) is 70.8 Å². The van der Waals surface area contributed by atoms with E-state index in [4.69, 9.17) is 0 Å². The van der Waals surface area contributed by atoms with Gasteiger partial charge in [0.2, 0.25) is 0 Å². The molecule has 50 heavy (non-hydrogen) atoms. The van der Waals surface area contributed by atoms with Gasteiger partial charge in [-0.15, -0.1) is 0 Å². The van der Waals surface area contributed by atoms with Gasteiger partial charge in [0.1, 0.15) is 0 Å². The Kier molecular flexibility index (Phi) is 4.87. The van der Waals surface area contributed by atoms with Crippen LogP contribution in [0.2, 0.25) is 0 Å². The van der Waals surface area contributed by atoms with Crippen LogP contribution in [-0.2, 0) is 5.41 Å². The fourth-order valence-electron chi connectivity index (χ4n) is 8.00. The van der Waals surface area contributed by atoms with Crippen molar-refractivity contribution in [2.45, 2.75) is 5.41 Å². The zero-order valence-corrected chi connectivity index (χ0v) is 26.9. The van der Waals surface area contributed by atoms with E-state index in [1.807, 2.05) is 66.7 Å². The van der Waals surface area contributed by atoms with Gasteiger partial charge in [-0.3, -0.25) is 0 Å². The second-order valence-corrected chi connectivity index (χ2v) is 12.6. The van der Waals surface area contributed by atoms with E-state index in [0.717, 1.165) is 44.5 Å². The van der Waals surface area contributed by atoms with Gasteiger partial charge in [-0.1, -0.05) is 170 Å². The van der Waals surface area contributed by atoms with Gasteiger partial charge in [0.15, 0.2) is 0 Å². The van der Waals surface area contributed by atoms with Crippen molar-refractivity contribution in [3.63, 3.8) is 0 Å². The summed E-state index contributed by atoms with van der Waals surface area (Å²) in [7, 11) is 0. The van der Waals surface area contributed by atoms with Crippen LogP contribution in [0.1, 0.15) is 33.2 Å². The van der Waals surface area contributed by atoms with E-state index >= 15 is 0 Å². The molecule has 234 valence electrons. The molecule has 0 aromatic heterocycles. The molecule has 0 N–H and O–H groups in total. The van der Waals surface area contributed by atoms with Gasteiger partial charge < -0.3 is 4.90 Å². The summed E-state index contributed by atoms with van der Waals surface area (Å²) in [4.78, 5) is 1.45. The average molecular weight is 644 g/mol. The van der Waals surface area contributed by atoms with Crippen LogP contribution >= 0.6 is 0 Å². The third-order valence-electron chi connectivity index (χ3n) is 10.0. The lowest BCUT2D eigenvalue weighted by molar-refractivity contribution is 0.794. The first-order valence-electron chi connectivity index (χ1n) is 20.7. The van der Waals surface area contributed by atoms with Crippen LogP contribution in [0.4, 0.5) is 17.1 Å². The lowest BCUT2D eigenvalue weighted by Crippen LogP contribution is -2.26. The highest BCUT2D eigenvalue weighted by Gasteiger charge is 2.52. The van der Waals surface area contributed by atoms with E-state index in [1.54, 1.807) is 48.5 Å². The minimum absolute atomic E-state index is 0.125. The number of hydrogen-bond acceptors (Lipinski definition) is 1. The molecule has 0 saturated carbocycles. The van der Waals surface area contributed by atoms with Crippen LogP contribution < -0.4 is 4.90 Å². The lowest BCUT2D eigenvalue weighted by atomic mass is 9.70. The molecule has 0 amide bonds. The molecule has 0 radical (unpaired) electrons. The van der Waals surface area contributed by atoms with Gasteiger partial charge in [-0.05, 0) is 91.4 Å². The van der Waals surface area contributed by atoms with Crippen LogP contribution in [0.5, 0.6) is 0 Å². The Morgan fingerprint density at radius 1 is 0.340 bits per heavy atom. The van der Waals surface area contributed by atoms with Crippen molar-refractivity contribution in [1.29, 1.82) is 0 Å². The van der Waals surface area contributed by atoms with Crippen molar-refractivity contribution in [1.82, 2.24) is 0 Å². The maximum absolute atomic E-state index is 9.62. The molecule has 8 aromatic carbocycles. The Balaban J connectivity index is 1.35. The fourth-order valence-corrected chi connectivity index (χ4v) is 8.00. The predicted molar refractivity (Wildman–Crippen MR) is 208 cm³/mol. The SMILES string of the molecule is [2H]c1c([2H])c(N(c2cccc3c2-c2ccccc2C32c3ccccc3-c3ccccc32)c2c([2H])c([2H])c(-c3ccccc3)c([2H])c2[2H])c([2H])c([2H])c1-c1ccccc1. The molecule has 1 nitrogen and oxygen atoms in total. The monoisotopic (exact) mass is 643 g/mol. The maximum Gasteiger partial charge on any atom is 0.0726 e. The molecule has 0 atom stereocenters. The van der Waals surface area contributed by atoms with E-state index < -0.39 is 5.41 Å². The molecule has 8 aromatic rings. The summed E-state index contributed by atoms with van der Waals surface area (Å²) in [6, 6.07) is 45.7. The van der Waals surface area contributed by atoms with Crippen LogP contribution in [-0.4, -0.2) is 0 Å². The number of benzene rings is 8. The Morgan fingerprint density at radius 3 is 1.24 bits per heavy atom. The molecule has 10 rings (SSSR count). The van der Waals surface area contributed by atoms with E-state index in [9.17, 15) is 11.0 Å². The highest BCUT2D eigenvalue weighted by Crippen LogP contribution is 2.64. The first-order valence-corrected chi connectivity index (χ1v) is 16.7. The second kappa shape index (κ2) is 11.3. The molecular weight excluding hydrogens is 603 g/mol. The molecular formula is C49H33N. The number of anilines is 3. The third kappa shape index (κ3) is 4.14. The van der Waals surface area contributed by atoms with E-state index in [2.05, 4.69) is 36.4 Å². The Morgan fingerprint density at radius 2 is 0.740 bits per heavy atom. The normalized spacial score (nSPS) is 15.2. The number of hydrogen-bond donors (Lipinski definition) is 0. The van der Waals surface area contributed by atoms with Crippen molar-refractivity contribution in [2.75, 3.05) is 4.90 Å². The van der Waals surface area contributed by atoms with Crippen LogP contribution in [0, 0.1) is 0 Å². The fraction of sp³-hybridized carbons (Fsp3) is 0.0204. The quantitative estimate of drug-likeness (QED) is 0.180. The van der Waals surface area contributed by atoms with Crippen LogP contribution in [0.25, 0.3) is 44.5 Å². The van der Waals surface area contributed by atoms with Crippen molar-refractivity contribution >= 4 is 17.1 Å². The standard InChI is InChI=1S/C49H33N/c1-3-14-34(15-4-1)36-26-30-38(31-27-36)50(39-32-28-37(29-33-39)35-16-5-2-6-17-35)47-25-13-24-46-48(47)42-20-9-12-23-45(42)49(46)43-21-10-7-18-40(43)41-19-8-11-22-44(41)49/h1-33H/i26D,27D,28D,29D,30D,31D,32D,33D. The molecule has 0 fully saturated rings. The van der Waals surface area contributed by atoms with Gasteiger partial charge in [-0.25, -0.2) is 0 Å². The Labute approximate surface area is 304 Å². The summed E-state index contributed by atoms with van der Waals surface area (Å²) in [5, 5.41) is 0. The summed E-state index contributed by atoms with van der Waals surface area (Å²) < 4.78 is 75.9. The minimum Gasteiger partial charge on any atom is -0.310 e. The molecule has 2 aliphatic carbocycles. The third-order valence-corrected chi connectivity index (χ3v) is 10.0. The van der Waals surface area contributed by atoms with E-state index in [0.29, 0.717) is 16.8 Å². The average Bonchev–Trinajstić information content (AvgIpc) is 3.73. The summed E-state index contributed by atoms with van der Waals surface area (Å²) in [6.07, 6.45) is 0. The molecule has 0 saturated heterocycles. The molecule has 1 heteroatoms. The van der Waals surface area contributed by atoms with Crippen molar-refractivity contribution in [3.05, 3.63) is 222 Å². The first-order chi connectivity index (χ1) is 28.2. The summed E-state index contributed by atoms with van der Waals surface area (Å²) in [5.41, 5.74) is 8.52. The van der Waals surface area contributed by atoms with Gasteiger partial charge >= 0.3 is 0 Å². The first kappa shape index (κ1) is 21.5. The highest BCUT2D eigenvalue weighted by atomic mass is 15.1. The van der Waals surface area contributed by atoms with Crippen molar-refractivity contribution in [3.8, 4) is 44.5 Å². The van der Waals surface area contributed by atoms with Gasteiger partial charge in [0.25, 0.3) is 0 Å². The van der Waals surface area contributed by atoms with Crippen LogP contribution in [0.3, 0.4) is 0 Å². The predicted octanol–water partition coefficient (Wildman–Crippen LogP) is 12.8. The van der Waals surface area contributed by atoms with Crippen LogP contribution in [0.15, 0.2) is 200 Å². The minimum atomic E-state index is -0.765. The van der Waals surface area contributed by atoms with Crippen molar-refractivity contribution < 1.29 is 11.0 Å². The Bertz CT molecular complexity index is 2790. The summed E-state index contributed by atoms with van der Waals surface area (Å²) in [6.45, 7) is 0. The smallest absolute Gasteiger partial charge is 0.0726 e. The molecule has 0 aliphatic heterocycles. The number of fused-ring (bicyclic) bond motifs is 10. The zero-order valence-electron chi connectivity index (χ0n) is 34.9. The zero-order chi connectivity index (χ0) is 40.0. The second-order valence-electron chi connectivity index (χ2n) is 12.6. The largest absolute Gasteiger partial charge is 0.310 e. The topological polar surface area (TPSA) is 3.24 Å². The molecule has 0 unspecified atom stereocenters. The molecule has 2 aliphatic rings. The molecule has 0 heterocycles. The highest BCUT2D eigenvalue weighted by molar-refractivity contribution is 6.01. The molecule has 0 bridgehead atoms. The summed E-state index contributed by atoms with van der Waals surface area (Å²) >= 11 is 0. The number of nitrogens with zero attached hydrogens (tertiary/aromatic N) is 1. The van der Waals surface area contributed by atoms with E-state index in [1.165, 1.54) is 4.90 Å². The summed E-state index contributed by atoms with van der Waals surface area (Å²) in [5.74, 6) is 0. The lowest BCUT2D eigenvalue weighted by Gasteiger charge is -2.32.